The predicted molar refractivity (Wildman–Crippen MR) is 81.7 cm³/mol. The molecule has 0 aromatic heterocycles. The molecule has 0 aliphatic heterocycles. The van der Waals surface area contributed by atoms with Crippen LogP contribution in [0, 0.1) is 20.2 Å². The Bertz CT molecular complexity index is 860. The van der Waals surface area contributed by atoms with E-state index in [2.05, 4.69) is 0 Å². The maximum absolute atomic E-state index is 12.7. The second-order valence-corrected chi connectivity index (χ2v) is 6.89. The van der Waals surface area contributed by atoms with Gasteiger partial charge in [0.2, 0.25) is 9.84 Å². The van der Waals surface area contributed by atoms with E-state index in [0.29, 0.717) is 0 Å². The van der Waals surface area contributed by atoms with E-state index in [1.54, 1.807) is 0 Å². The Morgan fingerprint density at radius 2 is 1.13 bits per heavy atom. The van der Waals surface area contributed by atoms with Crippen molar-refractivity contribution in [1.29, 1.82) is 0 Å². The first kappa shape index (κ1) is 17.1. The molecule has 23 heavy (non-hydrogen) atoms. The van der Waals surface area contributed by atoms with Crippen LogP contribution in [-0.4, -0.2) is 18.3 Å². The Hall–Kier alpha value is -2.23. The van der Waals surface area contributed by atoms with Crippen LogP contribution >= 0.6 is 23.2 Å². The van der Waals surface area contributed by atoms with Crippen molar-refractivity contribution in [2.45, 2.75) is 9.79 Å². The lowest BCUT2D eigenvalue weighted by atomic mass is 10.3. The second-order valence-electron chi connectivity index (χ2n) is 4.19. The van der Waals surface area contributed by atoms with E-state index < -0.39 is 50.9 Å². The first-order valence-electron chi connectivity index (χ1n) is 5.79. The van der Waals surface area contributed by atoms with Crippen LogP contribution in [0.2, 0.25) is 10.0 Å². The van der Waals surface area contributed by atoms with Crippen molar-refractivity contribution >= 4 is 44.4 Å². The fourth-order valence-corrected chi connectivity index (χ4v) is 4.13. The molecule has 0 bridgehead atoms. The lowest BCUT2D eigenvalue weighted by Crippen LogP contribution is -2.09. The second kappa shape index (κ2) is 6.11. The molecule has 0 amide bonds. The number of halogens is 2. The average molecular weight is 377 g/mol. The molecule has 0 aliphatic rings. The van der Waals surface area contributed by atoms with Crippen molar-refractivity contribution in [2.75, 3.05) is 0 Å². The molecule has 0 heterocycles. The maximum Gasteiger partial charge on any atom is 0.306 e. The van der Waals surface area contributed by atoms with Crippen LogP contribution in [0.25, 0.3) is 0 Å². The van der Waals surface area contributed by atoms with E-state index in [-0.39, 0.29) is 0 Å². The molecule has 120 valence electrons. The summed E-state index contributed by atoms with van der Waals surface area (Å²) in [6.07, 6.45) is 0. The molecule has 8 nitrogen and oxygen atoms in total. The fourth-order valence-electron chi connectivity index (χ4n) is 1.90. The van der Waals surface area contributed by atoms with Gasteiger partial charge >= 0.3 is 11.4 Å². The highest BCUT2D eigenvalue weighted by Gasteiger charge is 2.35. The van der Waals surface area contributed by atoms with E-state index in [4.69, 9.17) is 23.2 Å². The van der Waals surface area contributed by atoms with Gasteiger partial charge < -0.3 is 0 Å². The first-order valence-corrected chi connectivity index (χ1v) is 8.02. The average Bonchev–Trinajstić information content (AvgIpc) is 2.45. The van der Waals surface area contributed by atoms with Crippen LogP contribution < -0.4 is 0 Å². The van der Waals surface area contributed by atoms with Crippen LogP contribution in [0.5, 0.6) is 0 Å². The van der Waals surface area contributed by atoms with Gasteiger partial charge in [0, 0.05) is 0 Å². The molecule has 2 aromatic rings. The van der Waals surface area contributed by atoms with Crippen LogP contribution in [0.15, 0.2) is 46.2 Å². The summed E-state index contributed by atoms with van der Waals surface area (Å²) in [6.45, 7) is 0. The molecule has 0 saturated carbocycles. The standard InChI is InChI=1S/C12H6Cl2N2O6S/c13-7-3-1-5-9(11(7)15(17)18)23(21,22)10-6-2-4-8(14)12(10)16(19)20/h1-6H. The number of nitro benzene ring substituents is 2. The summed E-state index contributed by atoms with van der Waals surface area (Å²) < 4.78 is 25.3. The summed E-state index contributed by atoms with van der Waals surface area (Å²) in [7, 11) is -4.59. The summed E-state index contributed by atoms with van der Waals surface area (Å²) in [4.78, 5) is 18.8. The van der Waals surface area contributed by atoms with Gasteiger partial charge in [0.25, 0.3) is 0 Å². The molecule has 0 unspecified atom stereocenters. The molecular weight excluding hydrogens is 371 g/mol. The third-order valence-corrected chi connectivity index (χ3v) is 5.27. The number of hydrogen-bond donors (Lipinski definition) is 0. The van der Waals surface area contributed by atoms with Gasteiger partial charge in [-0.15, -0.1) is 0 Å². The normalized spacial score (nSPS) is 11.2. The van der Waals surface area contributed by atoms with Crippen molar-refractivity contribution in [2.24, 2.45) is 0 Å². The molecule has 0 spiro atoms. The van der Waals surface area contributed by atoms with Crippen molar-refractivity contribution in [3.05, 3.63) is 66.7 Å². The predicted octanol–water partition coefficient (Wildman–Crippen LogP) is 3.64. The summed E-state index contributed by atoms with van der Waals surface area (Å²) in [5.41, 5.74) is -1.72. The minimum atomic E-state index is -4.59. The summed E-state index contributed by atoms with van der Waals surface area (Å²) >= 11 is 11.4. The largest absolute Gasteiger partial charge is 0.306 e. The number of benzene rings is 2. The van der Waals surface area contributed by atoms with Gasteiger partial charge in [-0.25, -0.2) is 8.42 Å². The van der Waals surface area contributed by atoms with Crippen molar-refractivity contribution < 1.29 is 18.3 Å². The van der Waals surface area contributed by atoms with Gasteiger partial charge in [-0.2, -0.15) is 0 Å². The molecule has 11 heteroatoms. The van der Waals surface area contributed by atoms with E-state index in [0.717, 1.165) is 24.3 Å². The minimum absolute atomic E-state index is 0.402. The number of nitrogens with zero attached hydrogens (tertiary/aromatic N) is 2. The number of sulfone groups is 1. The van der Waals surface area contributed by atoms with E-state index in [9.17, 15) is 28.6 Å². The van der Waals surface area contributed by atoms with Crippen LogP contribution in [0.1, 0.15) is 0 Å². The summed E-state index contributed by atoms with van der Waals surface area (Å²) in [6, 6.07) is 6.57. The van der Waals surface area contributed by atoms with Gasteiger partial charge in [0.1, 0.15) is 10.0 Å². The zero-order chi connectivity index (χ0) is 17.4. The first-order chi connectivity index (χ1) is 10.7. The Morgan fingerprint density at radius 1 is 0.783 bits per heavy atom. The third kappa shape index (κ3) is 2.98. The number of para-hydroxylation sites is 2. The van der Waals surface area contributed by atoms with E-state index >= 15 is 0 Å². The highest BCUT2D eigenvalue weighted by Crippen LogP contribution is 2.39. The van der Waals surface area contributed by atoms with E-state index in [1.165, 1.54) is 12.1 Å². The molecule has 0 radical (unpaired) electrons. The molecule has 0 saturated heterocycles. The molecule has 2 rings (SSSR count). The smallest absolute Gasteiger partial charge is 0.258 e. The highest BCUT2D eigenvalue weighted by atomic mass is 35.5. The van der Waals surface area contributed by atoms with Crippen LogP contribution in [0.4, 0.5) is 11.4 Å². The fraction of sp³-hybridized carbons (Fsp3) is 0. The van der Waals surface area contributed by atoms with Crippen molar-refractivity contribution in [3.8, 4) is 0 Å². The Morgan fingerprint density at radius 3 is 1.43 bits per heavy atom. The molecular formula is C12H6Cl2N2O6S. The third-order valence-electron chi connectivity index (χ3n) is 2.84. The minimum Gasteiger partial charge on any atom is -0.258 e. The maximum atomic E-state index is 12.7. The van der Waals surface area contributed by atoms with Crippen molar-refractivity contribution in [1.82, 2.24) is 0 Å². The zero-order valence-corrected chi connectivity index (χ0v) is 13.3. The molecule has 0 atom stereocenters. The molecule has 0 aliphatic carbocycles. The summed E-state index contributed by atoms with van der Waals surface area (Å²) in [5.74, 6) is 0. The van der Waals surface area contributed by atoms with Gasteiger partial charge in [-0.3, -0.25) is 20.2 Å². The van der Waals surface area contributed by atoms with Gasteiger partial charge in [-0.1, -0.05) is 35.3 Å². The van der Waals surface area contributed by atoms with E-state index in [1.807, 2.05) is 0 Å². The lowest BCUT2D eigenvalue weighted by Gasteiger charge is -2.07. The molecule has 0 N–H and O–H groups in total. The summed E-state index contributed by atoms with van der Waals surface area (Å²) in [5, 5.41) is 21.4. The Balaban J connectivity index is 2.86. The number of hydrogen-bond acceptors (Lipinski definition) is 6. The van der Waals surface area contributed by atoms with Crippen LogP contribution in [-0.2, 0) is 9.84 Å². The Labute approximate surface area is 139 Å². The highest BCUT2D eigenvalue weighted by molar-refractivity contribution is 7.91. The van der Waals surface area contributed by atoms with Gasteiger partial charge in [-0.05, 0) is 24.3 Å². The zero-order valence-electron chi connectivity index (χ0n) is 11.0. The Kier molecular flexibility index (Phi) is 4.55. The molecule has 2 aromatic carbocycles. The quantitative estimate of drug-likeness (QED) is 0.592. The van der Waals surface area contributed by atoms with Crippen molar-refractivity contribution in [3.63, 3.8) is 0 Å². The van der Waals surface area contributed by atoms with Gasteiger partial charge in [0.05, 0.1) is 9.85 Å². The topological polar surface area (TPSA) is 120 Å². The van der Waals surface area contributed by atoms with Gasteiger partial charge in [0.15, 0.2) is 9.79 Å². The lowest BCUT2D eigenvalue weighted by molar-refractivity contribution is -0.388. The monoisotopic (exact) mass is 376 g/mol. The SMILES string of the molecule is O=[N+]([O-])c1c(Cl)cccc1S(=O)(=O)c1cccc(Cl)c1[N+](=O)[O-]. The number of rotatable bonds is 4. The molecule has 0 fully saturated rings. The van der Waals surface area contributed by atoms with Crippen LogP contribution in [0.3, 0.4) is 0 Å². The number of nitro groups is 2.